The van der Waals surface area contributed by atoms with E-state index < -0.39 is 12.4 Å². The van der Waals surface area contributed by atoms with Gasteiger partial charge in [0.05, 0.1) is 23.3 Å². The van der Waals surface area contributed by atoms with Crippen LogP contribution in [0.25, 0.3) is 28.2 Å². The van der Waals surface area contributed by atoms with Crippen LogP contribution in [0.5, 0.6) is 0 Å². The SMILES string of the molecule is Cc1[nH]nc(-c2ccc(-c3cnn4c(N)c(C5CC5)c(C5CC6CC[C@H](C5)N6C(=O)CO)nc34)cn2)c1F. The van der Waals surface area contributed by atoms with E-state index in [1.807, 2.05) is 11.0 Å². The van der Waals surface area contributed by atoms with Crippen LogP contribution in [0.1, 0.15) is 67.3 Å². The number of amides is 1. The molecule has 1 amide bonds. The number of aryl methyl sites for hydroxylation is 1. The Morgan fingerprint density at radius 1 is 1.16 bits per heavy atom. The number of hydrogen-bond acceptors (Lipinski definition) is 7. The number of rotatable bonds is 5. The molecular weight excluding hydrogens is 487 g/mol. The lowest BCUT2D eigenvalue weighted by Gasteiger charge is -2.39. The van der Waals surface area contributed by atoms with Crippen molar-refractivity contribution >= 4 is 17.4 Å². The minimum Gasteiger partial charge on any atom is -0.387 e. The summed E-state index contributed by atoms with van der Waals surface area (Å²) < 4.78 is 16.1. The van der Waals surface area contributed by atoms with Crippen LogP contribution in [0.2, 0.25) is 0 Å². The predicted molar refractivity (Wildman–Crippen MR) is 138 cm³/mol. The van der Waals surface area contributed by atoms with E-state index in [0.717, 1.165) is 60.9 Å². The summed E-state index contributed by atoms with van der Waals surface area (Å²) in [7, 11) is 0. The molecule has 6 heterocycles. The summed E-state index contributed by atoms with van der Waals surface area (Å²) in [6, 6.07) is 3.86. The summed E-state index contributed by atoms with van der Waals surface area (Å²) in [5, 5.41) is 20.7. The van der Waals surface area contributed by atoms with E-state index in [-0.39, 0.29) is 29.6 Å². The number of anilines is 1. The number of aromatic amines is 1. The van der Waals surface area contributed by atoms with Gasteiger partial charge in [-0.25, -0.2) is 9.37 Å². The normalized spacial score (nSPS) is 22.9. The number of carbonyl (C=O) groups is 1. The summed E-state index contributed by atoms with van der Waals surface area (Å²) in [6.07, 6.45) is 9.15. The predicted octanol–water partition coefficient (Wildman–Crippen LogP) is 3.32. The van der Waals surface area contributed by atoms with Crippen LogP contribution in [0.4, 0.5) is 10.2 Å². The summed E-state index contributed by atoms with van der Waals surface area (Å²) in [5.74, 6) is 0.608. The monoisotopic (exact) mass is 516 g/mol. The first-order valence-electron chi connectivity index (χ1n) is 13.2. The maximum atomic E-state index is 14.3. The second-order valence-corrected chi connectivity index (χ2v) is 10.8. The second kappa shape index (κ2) is 8.59. The Bertz CT molecular complexity index is 1540. The van der Waals surface area contributed by atoms with Gasteiger partial charge in [0.25, 0.3) is 0 Å². The van der Waals surface area contributed by atoms with Crippen LogP contribution in [-0.2, 0) is 4.79 Å². The van der Waals surface area contributed by atoms with Gasteiger partial charge in [-0.2, -0.15) is 14.7 Å². The van der Waals surface area contributed by atoms with Gasteiger partial charge < -0.3 is 15.7 Å². The third-order valence-electron chi connectivity index (χ3n) is 8.47. The molecule has 2 unspecified atom stereocenters. The van der Waals surface area contributed by atoms with Crippen LogP contribution in [-0.4, -0.2) is 64.4 Å². The van der Waals surface area contributed by atoms with Crippen molar-refractivity contribution in [2.45, 2.75) is 69.4 Å². The van der Waals surface area contributed by atoms with Gasteiger partial charge in [-0.1, -0.05) is 6.07 Å². The maximum Gasteiger partial charge on any atom is 0.248 e. The molecule has 7 rings (SSSR count). The number of halogens is 1. The lowest BCUT2D eigenvalue weighted by Crippen LogP contribution is -2.47. The molecule has 4 N–H and O–H groups in total. The highest BCUT2D eigenvalue weighted by Crippen LogP contribution is 2.50. The van der Waals surface area contributed by atoms with Gasteiger partial charge in [0, 0.05) is 40.9 Å². The van der Waals surface area contributed by atoms with Crippen molar-refractivity contribution in [3.8, 4) is 22.5 Å². The van der Waals surface area contributed by atoms with Gasteiger partial charge in [0.15, 0.2) is 11.5 Å². The minimum atomic E-state index is -0.444. The number of aromatic nitrogens is 6. The molecule has 2 aliphatic heterocycles. The molecule has 3 aliphatic rings. The van der Waals surface area contributed by atoms with Gasteiger partial charge in [0.2, 0.25) is 5.91 Å². The zero-order valence-corrected chi connectivity index (χ0v) is 21.1. The second-order valence-electron chi connectivity index (χ2n) is 10.8. The van der Waals surface area contributed by atoms with Crippen LogP contribution in [0.15, 0.2) is 24.5 Å². The molecule has 10 nitrogen and oxygen atoms in total. The maximum absolute atomic E-state index is 14.3. The molecule has 1 aliphatic carbocycles. The lowest BCUT2D eigenvalue weighted by molar-refractivity contribution is -0.138. The van der Waals surface area contributed by atoms with E-state index >= 15 is 0 Å². The summed E-state index contributed by atoms with van der Waals surface area (Å²) in [5.41, 5.74) is 12.1. The first kappa shape index (κ1) is 23.3. The number of aliphatic hydroxyl groups excluding tert-OH is 1. The quantitative estimate of drug-likeness (QED) is 0.370. The number of nitrogens with one attached hydrogen (secondary N) is 1. The number of carbonyl (C=O) groups excluding carboxylic acids is 1. The van der Waals surface area contributed by atoms with Gasteiger partial charge in [-0.3, -0.25) is 14.9 Å². The van der Waals surface area contributed by atoms with Crippen LogP contribution in [0, 0.1) is 12.7 Å². The van der Waals surface area contributed by atoms with Crippen LogP contribution >= 0.6 is 0 Å². The number of hydrogen-bond donors (Lipinski definition) is 3. The number of H-pyrrole nitrogens is 1. The Hall–Kier alpha value is -3.86. The number of nitrogens with two attached hydrogens (primary N) is 1. The summed E-state index contributed by atoms with van der Waals surface area (Å²) in [6.45, 7) is 1.18. The Labute approximate surface area is 218 Å². The van der Waals surface area contributed by atoms with E-state index in [9.17, 15) is 14.3 Å². The largest absolute Gasteiger partial charge is 0.387 e. The molecule has 196 valence electrons. The molecule has 0 spiro atoms. The van der Waals surface area contributed by atoms with Crippen molar-refractivity contribution < 1.29 is 14.3 Å². The molecule has 0 aromatic carbocycles. The van der Waals surface area contributed by atoms with Gasteiger partial charge in [-0.15, -0.1) is 0 Å². The van der Waals surface area contributed by atoms with Crippen LogP contribution < -0.4 is 5.73 Å². The fraction of sp³-hybridized carbons (Fsp3) is 0.444. The van der Waals surface area contributed by atoms with Crippen molar-refractivity contribution in [3.05, 3.63) is 47.3 Å². The fourth-order valence-corrected chi connectivity index (χ4v) is 6.52. The van der Waals surface area contributed by atoms with Crippen molar-refractivity contribution in [2.24, 2.45) is 0 Å². The van der Waals surface area contributed by atoms with E-state index in [4.69, 9.17) is 10.7 Å². The number of aliphatic hydroxyl groups is 1. The Morgan fingerprint density at radius 3 is 2.53 bits per heavy atom. The van der Waals surface area contributed by atoms with E-state index in [0.29, 0.717) is 28.8 Å². The zero-order chi connectivity index (χ0) is 26.1. The molecule has 2 bridgehead atoms. The summed E-state index contributed by atoms with van der Waals surface area (Å²) >= 11 is 0. The zero-order valence-electron chi connectivity index (χ0n) is 21.1. The Balaban J connectivity index is 1.28. The average Bonchev–Trinajstić information content (AvgIpc) is 3.50. The molecular formula is C27H29FN8O2. The van der Waals surface area contributed by atoms with E-state index in [1.54, 1.807) is 29.9 Å². The lowest BCUT2D eigenvalue weighted by atomic mass is 9.85. The van der Waals surface area contributed by atoms with Gasteiger partial charge in [-0.05, 0) is 57.4 Å². The van der Waals surface area contributed by atoms with E-state index in [1.165, 1.54) is 0 Å². The van der Waals surface area contributed by atoms with Crippen molar-refractivity contribution in [2.75, 3.05) is 12.3 Å². The molecule has 2 saturated heterocycles. The van der Waals surface area contributed by atoms with E-state index in [2.05, 4.69) is 20.3 Å². The number of nitrogens with zero attached hydrogens (tertiary/aromatic N) is 6. The Morgan fingerprint density at radius 2 is 1.92 bits per heavy atom. The average molecular weight is 517 g/mol. The molecule has 3 atom stereocenters. The van der Waals surface area contributed by atoms with Gasteiger partial charge in [0.1, 0.15) is 18.1 Å². The molecule has 1 saturated carbocycles. The standard InChI is InChI=1S/C27H29FN8O2/c1-13-23(28)25(34-33-13)20-7-4-15(10-30-20)19-11-31-36-26(29)22(14-2-3-14)24(32-27(19)36)16-8-17-5-6-18(9-16)35(17)21(38)12-37/h4,7,10-11,14,16-18,37H,2-3,5-6,8-9,12,29H2,1H3,(H,33,34)/t16?,17-,18?/m1/s1. The first-order valence-corrected chi connectivity index (χ1v) is 13.2. The molecule has 11 heteroatoms. The minimum absolute atomic E-state index is 0.122. The highest BCUT2D eigenvalue weighted by Gasteiger charge is 2.45. The highest BCUT2D eigenvalue weighted by molar-refractivity contribution is 5.80. The molecule has 38 heavy (non-hydrogen) atoms. The molecule has 4 aromatic rings. The van der Waals surface area contributed by atoms with Gasteiger partial charge >= 0.3 is 0 Å². The Kier molecular flexibility index (Phi) is 5.26. The number of nitrogen functional groups attached to an aromatic ring is 1. The van der Waals surface area contributed by atoms with Crippen molar-refractivity contribution in [1.82, 2.24) is 34.7 Å². The molecule has 4 aromatic heterocycles. The number of fused-ring (bicyclic) bond motifs is 3. The molecule has 3 fully saturated rings. The summed E-state index contributed by atoms with van der Waals surface area (Å²) in [4.78, 5) is 23.9. The van der Waals surface area contributed by atoms with Crippen molar-refractivity contribution in [3.63, 3.8) is 0 Å². The third-order valence-corrected chi connectivity index (χ3v) is 8.47. The highest BCUT2D eigenvalue weighted by atomic mass is 19.1. The number of pyridine rings is 1. The smallest absolute Gasteiger partial charge is 0.248 e. The third kappa shape index (κ3) is 3.52. The number of piperidine rings is 1. The topological polar surface area (TPSA) is 138 Å². The van der Waals surface area contributed by atoms with Crippen molar-refractivity contribution in [1.29, 1.82) is 0 Å². The van der Waals surface area contributed by atoms with Crippen LogP contribution in [0.3, 0.4) is 0 Å². The fourth-order valence-electron chi connectivity index (χ4n) is 6.52. The first-order chi connectivity index (χ1) is 18.4. The molecule has 0 radical (unpaired) electrons.